The van der Waals surface area contributed by atoms with Crippen LogP contribution in [0.4, 0.5) is 0 Å². The Hall–Kier alpha value is 1.16. The summed E-state index contributed by atoms with van der Waals surface area (Å²) in [5, 5.41) is 0. The molecule has 0 aromatic heterocycles. The molecule has 0 N–H and O–H groups in total. The van der Waals surface area contributed by atoms with E-state index in [0.29, 0.717) is 0 Å². The van der Waals surface area contributed by atoms with Gasteiger partial charge in [-0.15, -0.1) is 0 Å². The van der Waals surface area contributed by atoms with Crippen molar-refractivity contribution in [1.82, 2.24) is 0 Å². The summed E-state index contributed by atoms with van der Waals surface area (Å²) in [7, 11) is -0.416. The Labute approximate surface area is 70.8 Å². The zero-order valence-corrected chi connectivity index (χ0v) is 9.29. The van der Waals surface area contributed by atoms with E-state index in [1.165, 1.54) is 12.6 Å². The van der Waals surface area contributed by atoms with E-state index in [4.69, 9.17) is 0 Å². The van der Waals surface area contributed by atoms with Crippen molar-refractivity contribution in [3.63, 3.8) is 0 Å². The second kappa shape index (κ2) is 4.99. The molecule has 0 radical (unpaired) electrons. The summed E-state index contributed by atoms with van der Waals surface area (Å²) in [5.41, 5.74) is 0. The molecule has 0 spiro atoms. The zero-order valence-electron chi connectivity index (χ0n) is 6.24. The number of hydrogen-bond acceptors (Lipinski definition) is 0. The van der Waals surface area contributed by atoms with E-state index in [1.807, 2.05) is 0 Å². The van der Waals surface area contributed by atoms with E-state index in [-0.39, 0.29) is 24.0 Å². The van der Waals surface area contributed by atoms with Gasteiger partial charge in [-0.2, -0.15) is 0 Å². The number of halogens is 1. The van der Waals surface area contributed by atoms with Crippen molar-refractivity contribution in [2.45, 2.75) is 13.3 Å². The van der Waals surface area contributed by atoms with E-state index < -0.39 is 7.26 Å². The van der Waals surface area contributed by atoms with Crippen molar-refractivity contribution in [3.05, 3.63) is 0 Å². The molecule has 0 unspecified atom stereocenters. The molecule has 0 aliphatic rings. The van der Waals surface area contributed by atoms with Gasteiger partial charge >= 0.3 is 0 Å². The molecule has 0 aliphatic heterocycles. The summed E-state index contributed by atoms with van der Waals surface area (Å²) in [5.74, 6) is 0. The van der Waals surface area contributed by atoms with Gasteiger partial charge in [0.2, 0.25) is 0 Å². The van der Waals surface area contributed by atoms with Crippen LogP contribution in [0.2, 0.25) is 0 Å². The van der Waals surface area contributed by atoms with Crippen LogP contribution < -0.4 is 24.0 Å². The summed E-state index contributed by atoms with van der Waals surface area (Å²) in [6, 6.07) is 0. The predicted molar refractivity (Wildman–Crippen MR) is 39.9 cm³/mol. The normalized spacial score (nSPS) is 10.5. The Kier molecular flexibility index (Phi) is 7.41. The molecule has 0 aromatic rings. The molecule has 0 aliphatic carbocycles. The minimum atomic E-state index is -0.416. The first-order valence-corrected chi connectivity index (χ1v) is 6.18. The number of hydrogen-bond donors (Lipinski definition) is 0. The molecular weight excluding hydrogens is 230 g/mol. The molecule has 0 fully saturated rings. The molecule has 0 aromatic carbocycles. The first kappa shape index (κ1) is 11.9. The minimum absolute atomic E-state index is 0. The SMILES string of the molecule is CCC[P+](C)(C)C.[I-]. The fraction of sp³-hybridized carbons (Fsp3) is 1.00. The van der Waals surface area contributed by atoms with Crippen LogP contribution in [0.5, 0.6) is 0 Å². The Morgan fingerprint density at radius 3 is 1.50 bits per heavy atom. The van der Waals surface area contributed by atoms with Crippen LogP contribution in [0.1, 0.15) is 13.3 Å². The molecular formula is C6H16IP. The van der Waals surface area contributed by atoms with Gasteiger partial charge < -0.3 is 24.0 Å². The second-order valence-electron chi connectivity index (χ2n) is 3.01. The summed E-state index contributed by atoms with van der Waals surface area (Å²) in [6.45, 7) is 9.41. The van der Waals surface area contributed by atoms with E-state index in [9.17, 15) is 0 Å². The lowest BCUT2D eigenvalue weighted by Crippen LogP contribution is -3.00. The predicted octanol–water partition coefficient (Wildman–Crippen LogP) is -0.693. The number of rotatable bonds is 2. The maximum atomic E-state index is 2.39. The van der Waals surface area contributed by atoms with Crippen molar-refractivity contribution in [3.8, 4) is 0 Å². The molecule has 8 heavy (non-hydrogen) atoms. The van der Waals surface area contributed by atoms with E-state index in [1.54, 1.807) is 0 Å². The van der Waals surface area contributed by atoms with Crippen molar-refractivity contribution in [1.29, 1.82) is 0 Å². The maximum absolute atomic E-state index is 2.39. The third-order valence-corrected chi connectivity index (χ3v) is 2.68. The molecule has 0 amide bonds. The van der Waals surface area contributed by atoms with Gasteiger partial charge in [0, 0.05) is 27.3 Å². The van der Waals surface area contributed by atoms with Crippen LogP contribution in [-0.2, 0) is 0 Å². The molecule has 0 atom stereocenters. The highest BCUT2D eigenvalue weighted by Gasteiger charge is 2.13. The lowest BCUT2D eigenvalue weighted by molar-refractivity contribution is -0.00000191. The molecule has 2 heteroatoms. The van der Waals surface area contributed by atoms with Crippen LogP contribution in [0.25, 0.3) is 0 Å². The van der Waals surface area contributed by atoms with Gasteiger partial charge in [-0.25, -0.2) is 0 Å². The second-order valence-corrected chi connectivity index (χ2v) is 8.04. The van der Waals surface area contributed by atoms with Gasteiger partial charge in [-0.1, -0.05) is 6.92 Å². The minimum Gasteiger partial charge on any atom is -1.00 e. The highest BCUT2D eigenvalue weighted by Crippen LogP contribution is 2.46. The lowest BCUT2D eigenvalue weighted by atomic mass is 10.6. The molecule has 0 nitrogen and oxygen atoms in total. The monoisotopic (exact) mass is 246 g/mol. The topological polar surface area (TPSA) is 0 Å². The van der Waals surface area contributed by atoms with Crippen LogP contribution in [0, 0.1) is 0 Å². The van der Waals surface area contributed by atoms with Gasteiger partial charge in [0.1, 0.15) is 0 Å². The average Bonchev–Trinajstić information content (AvgIpc) is 1.30. The quantitative estimate of drug-likeness (QED) is 0.447. The molecule has 0 rings (SSSR count). The van der Waals surface area contributed by atoms with Gasteiger partial charge in [-0.3, -0.25) is 0 Å². The Morgan fingerprint density at radius 1 is 1.12 bits per heavy atom. The zero-order chi connectivity index (χ0) is 5.91. The molecule has 0 saturated carbocycles. The Morgan fingerprint density at radius 2 is 1.50 bits per heavy atom. The first-order valence-electron chi connectivity index (χ1n) is 2.86. The van der Waals surface area contributed by atoms with Gasteiger partial charge in [-0.05, 0) is 6.42 Å². The van der Waals surface area contributed by atoms with Crippen LogP contribution in [-0.4, -0.2) is 26.2 Å². The molecule has 0 bridgehead atoms. The van der Waals surface area contributed by atoms with E-state index in [2.05, 4.69) is 26.9 Å². The summed E-state index contributed by atoms with van der Waals surface area (Å²) in [4.78, 5) is 0. The van der Waals surface area contributed by atoms with Crippen LogP contribution in [0.15, 0.2) is 0 Å². The largest absolute Gasteiger partial charge is 1.00 e. The van der Waals surface area contributed by atoms with Crippen molar-refractivity contribution in [2.75, 3.05) is 26.2 Å². The smallest absolute Gasteiger partial charge is 0.0583 e. The summed E-state index contributed by atoms with van der Waals surface area (Å²) >= 11 is 0. The fourth-order valence-electron chi connectivity index (χ4n) is 0.671. The summed E-state index contributed by atoms with van der Waals surface area (Å²) in [6.07, 6.45) is 2.81. The first-order chi connectivity index (χ1) is 3.06. The van der Waals surface area contributed by atoms with Gasteiger partial charge in [0.25, 0.3) is 0 Å². The highest BCUT2D eigenvalue weighted by atomic mass is 127. The van der Waals surface area contributed by atoms with Crippen molar-refractivity contribution in [2.24, 2.45) is 0 Å². The standard InChI is InChI=1S/C6H16P.HI/c1-5-6-7(2,3)4;/h5-6H2,1-4H3;1H/q+1;/p-1. The van der Waals surface area contributed by atoms with Crippen molar-refractivity contribution >= 4 is 7.26 Å². The average molecular weight is 246 g/mol. The third-order valence-electron chi connectivity index (χ3n) is 0.894. The van der Waals surface area contributed by atoms with Gasteiger partial charge in [0.05, 0.1) is 6.16 Å². The fourth-order valence-corrected chi connectivity index (χ4v) is 2.01. The van der Waals surface area contributed by atoms with E-state index >= 15 is 0 Å². The lowest BCUT2D eigenvalue weighted by Gasteiger charge is -2.08. The third kappa shape index (κ3) is 10.2. The summed E-state index contributed by atoms with van der Waals surface area (Å²) < 4.78 is 0. The molecule has 0 heterocycles. The van der Waals surface area contributed by atoms with Crippen molar-refractivity contribution < 1.29 is 24.0 Å². The maximum Gasteiger partial charge on any atom is 0.0583 e. The highest BCUT2D eigenvalue weighted by molar-refractivity contribution is 7.73. The van der Waals surface area contributed by atoms with E-state index in [0.717, 1.165) is 0 Å². The van der Waals surface area contributed by atoms with Crippen LogP contribution >= 0.6 is 7.26 Å². The van der Waals surface area contributed by atoms with Crippen LogP contribution in [0.3, 0.4) is 0 Å². The van der Waals surface area contributed by atoms with Gasteiger partial charge in [0.15, 0.2) is 0 Å². The molecule has 0 saturated heterocycles. The Balaban J connectivity index is 0. The Bertz CT molecular complexity index is 47.0. The molecule has 52 valence electrons.